The van der Waals surface area contributed by atoms with Crippen LogP contribution in [0.1, 0.15) is 17.5 Å². The first-order chi connectivity index (χ1) is 14.6. The molecule has 2 heterocycles. The smallest absolute Gasteiger partial charge is 0.290 e. The molecule has 0 saturated carbocycles. The van der Waals surface area contributed by atoms with Gasteiger partial charge >= 0.3 is 0 Å². The van der Waals surface area contributed by atoms with Gasteiger partial charge in [-0.25, -0.2) is 5.43 Å². The summed E-state index contributed by atoms with van der Waals surface area (Å²) < 4.78 is 11.4. The molecule has 2 N–H and O–H groups in total. The number of benzene rings is 2. The van der Waals surface area contributed by atoms with E-state index in [1.54, 1.807) is 19.3 Å². The maximum Gasteiger partial charge on any atom is 0.290 e. The van der Waals surface area contributed by atoms with E-state index in [0.717, 1.165) is 28.8 Å². The van der Waals surface area contributed by atoms with Crippen LogP contribution < -0.4 is 25.2 Å². The van der Waals surface area contributed by atoms with E-state index < -0.39 is 5.91 Å². The molecule has 4 rings (SSSR count). The minimum absolute atomic E-state index is 0.249. The highest BCUT2D eigenvalue weighted by Crippen LogP contribution is 2.36. The third kappa shape index (κ3) is 3.99. The molecule has 8 heteroatoms. The number of carbonyl (C=O) groups excluding carboxylic acids is 2. The van der Waals surface area contributed by atoms with Crippen LogP contribution in [0.15, 0.2) is 47.4 Å². The van der Waals surface area contributed by atoms with E-state index in [0.29, 0.717) is 22.6 Å². The number of imide groups is 1. The predicted molar refractivity (Wildman–Crippen MR) is 116 cm³/mol. The molecule has 0 aliphatic carbocycles. The quantitative estimate of drug-likeness (QED) is 0.580. The lowest BCUT2D eigenvalue weighted by Gasteiger charge is -2.22. The second-order valence-corrected chi connectivity index (χ2v) is 7.47. The number of ether oxygens (including phenoxy) is 2. The van der Waals surface area contributed by atoms with E-state index in [1.165, 1.54) is 0 Å². The molecule has 0 spiro atoms. The number of nitrogens with zero attached hydrogens (tertiary/aromatic N) is 1. The van der Waals surface area contributed by atoms with Crippen molar-refractivity contribution in [3.63, 3.8) is 0 Å². The molecular formula is C22H19N3O4S. The molecular weight excluding hydrogens is 402 g/mol. The number of methoxy groups -OCH3 is 1. The molecule has 2 aromatic rings. The lowest BCUT2D eigenvalue weighted by molar-refractivity contribution is -0.115. The fraction of sp³-hybridized carbons (Fsp3) is 0.182. The number of fused-ring (bicyclic) bond motifs is 1. The summed E-state index contributed by atoms with van der Waals surface area (Å²) in [5.41, 5.74) is 5.56. The van der Waals surface area contributed by atoms with Crippen LogP contribution in [0, 0.1) is 11.8 Å². The Hall–Kier alpha value is -3.41. The van der Waals surface area contributed by atoms with Crippen LogP contribution in [0.4, 0.5) is 10.5 Å². The van der Waals surface area contributed by atoms with Crippen molar-refractivity contribution in [2.75, 3.05) is 19.2 Å². The van der Waals surface area contributed by atoms with Crippen LogP contribution in [0.5, 0.6) is 11.5 Å². The van der Waals surface area contributed by atoms with Gasteiger partial charge in [-0.15, -0.1) is 0 Å². The number of hydrazine groups is 1. The van der Waals surface area contributed by atoms with E-state index in [1.807, 2.05) is 48.5 Å². The normalized spacial score (nSPS) is 18.5. The molecule has 2 aromatic carbocycles. The van der Waals surface area contributed by atoms with Gasteiger partial charge in [-0.2, -0.15) is 0 Å². The molecule has 1 atom stereocenters. The Morgan fingerprint density at radius 1 is 1.30 bits per heavy atom. The summed E-state index contributed by atoms with van der Waals surface area (Å²) in [5, 5.41) is 3.82. The van der Waals surface area contributed by atoms with E-state index in [9.17, 15) is 9.59 Å². The molecule has 1 fully saturated rings. The van der Waals surface area contributed by atoms with Crippen molar-refractivity contribution in [2.24, 2.45) is 0 Å². The van der Waals surface area contributed by atoms with Crippen molar-refractivity contribution in [1.82, 2.24) is 10.7 Å². The molecule has 2 aliphatic rings. The third-order valence-corrected chi connectivity index (χ3v) is 5.39. The molecule has 7 nitrogen and oxygen atoms in total. The first-order valence-electron chi connectivity index (χ1n) is 9.23. The van der Waals surface area contributed by atoms with Crippen LogP contribution in [-0.2, 0) is 4.79 Å². The number of amides is 2. The van der Waals surface area contributed by atoms with E-state index in [2.05, 4.69) is 22.6 Å². The van der Waals surface area contributed by atoms with Crippen LogP contribution in [0.25, 0.3) is 6.08 Å². The van der Waals surface area contributed by atoms with E-state index in [-0.39, 0.29) is 11.5 Å². The van der Waals surface area contributed by atoms with Gasteiger partial charge in [0.1, 0.15) is 11.5 Å². The molecule has 152 valence electrons. The summed E-state index contributed by atoms with van der Waals surface area (Å²) in [6.07, 6.45) is 1.88. The average Bonchev–Trinajstić information content (AvgIpc) is 3.26. The number of para-hydroxylation sites is 2. The average molecular weight is 421 g/mol. The SMILES string of the molecule is CNN1c2ccccc2OC1CC#Cc1cc(C=C2SC(=O)NC2=O)ccc1OC. The fourth-order valence-electron chi connectivity index (χ4n) is 3.23. The summed E-state index contributed by atoms with van der Waals surface area (Å²) in [6.45, 7) is 0. The number of carbonyl (C=O) groups is 2. The Kier molecular flexibility index (Phi) is 5.65. The maximum atomic E-state index is 11.8. The maximum absolute atomic E-state index is 11.8. The van der Waals surface area contributed by atoms with Crippen molar-refractivity contribution in [3.05, 3.63) is 58.5 Å². The molecule has 1 unspecified atom stereocenters. The Morgan fingerprint density at radius 2 is 2.13 bits per heavy atom. The second-order valence-electron chi connectivity index (χ2n) is 6.45. The molecule has 1 saturated heterocycles. The van der Waals surface area contributed by atoms with Crippen molar-refractivity contribution in [3.8, 4) is 23.3 Å². The van der Waals surface area contributed by atoms with Crippen LogP contribution in [0.2, 0.25) is 0 Å². The number of rotatable bonds is 4. The first-order valence-corrected chi connectivity index (χ1v) is 10.0. The van der Waals surface area contributed by atoms with Gasteiger partial charge in [0.2, 0.25) is 0 Å². The minimum Gasteiger partial charge on any atom is -0.495 e. The van der Waals surface area contributed by atoms with Gasteiger partial charge in [-0.05, 0) is 47.7 Å². The van der Waals surface area contributed by atoms with Gasteiger partial charge in [0.05, 0.1) is 29.7 Å². The number of nitrogens with one attached hydrogen (secondary N) is 2. The summed E-state index contributed by atoms with van der Waals surface area (Å²) in [4.78, 5) is 23.5. The van der Waals surface area contributed by atoms with Gasteiger partial charge < -0.3 is 9.47 Å². The topological polar surface area (TPSA) is 79.9 Å². The standard InChI is InChI=1S/C22H19N3O4S/c1-23-25-16-7-3-4-8-18(16)29-20(25)9-5-6-15-12-14(10-11-17(15)28-2)13-19-21(26)24-22(27)30-19/h3-4,7-8,10-13,20,23H,9H2,1-2H3,(H,24,26,27). The Bertz CT molecular complexity index is 1100. The van der Waals surface area contributed by atoms with Crippen LogP contribution in [0.3, 0.4) is 0 Å². The Labute approximate surface area is 178 Å². The zero-order valence-corrected chi connectivity index (χ0v) is 17.2. The molecule has 0 aromatic heterocycles. The molecule has 2 aliphatic heterocycles. The predicted octanol–water partition coefficient (Wildman–Crippen LogP) is 3.12. The van der Waals surface area contributed by atoms with Gasteiger partial charge in [-0.3, -0.25) is 19.9 Å². The summed E-state index contributed by atoms with van der Waals surface area (Å²) in [7, 11) is 3.42. The Morgan fingerprint density at radius 3 is 2.87 bits per heavy atom. The highest BCUT2D eigenvalue weighted by atomic mass is 32.2. The van der Waals surface area contributed by atoms with E-state index in [4.69, 9.17) is 9.47 Å². The summed E-state index contributed by atoms with van der Waals surface area (Å²) in [5.74, 6) is 7.34. The van der Waals surface area contributed by atoms with Crippen LogP contribution in [-0.4, -0.2) is 31.5 Å². The van der Waals surface area contributed by atoms with Gasteiger partial charge in [0, 0.05) is 7.05 Å². The van der Waals surface area contributed by atoms with Crippen molar-refractivity contribution >= 4 is 34.7 Å². The number of hydrogen-bond acceptors (Lipinski definition) is 7. The van der Waals surface area contributed by atoms with E-state index >= 15 is 0 Å². The molecule has 0 bridgehead atoms. The summed E-state index contributed by atoms with van der Waals surface area (Å²) >= 11 is 0.881. The monoisotopic (exact) mass is 421 g/mol. The highest BCUT2D eigenvalue weighted by molar-refractivity contribution is 8.18. The largest absolute Gasteiger partial charge is 0.495 e. The van der Waals surface area contributed by atoms with Gasteiger partial charge in [-0.1, -0.05) is 30.0 Å². The molecule has 30 heavy (non-hydrogen) atoms. The van der Waals surface area contributed by atoms with Crippen molar-refractivity contribution in [1.29, 1.82) is 0 Å². The second kappa shape index (κ2) is 8.53. The zero-order valence-electron chi connectivity index (χ0n) is 16.4. The lowest BCUT2D eigenvalue weighted by atomic mass is 10.1. The highest BCUT2D eigenvalue weighted by Gasteiger charge is 2.29. The van der Waals surface area contributed by atoms with Gasteiger partial charge in [0.15, 0.2) is 6.23 Å². The fourth-order valence-corrected chi connectivity index (χ4v) is 3.91. The van der Waals surface area contributed by atoms with Gasteiger partial charge in [0.25, 0.3) is 11.1 Å². The molecule has 0 radical (unpaired) electrons. The van der Waals surface area contributed by atoms with Crippen molar-refractivity contribution < 1.29 is 19.1 Å². The number of anilines is 1. The lowest BCUT2D eigenvalue weighted by Crippen LogP contribution is -2.42. The third-order valence-electron chi connectivity index (χ3n) is 4.58. The van der Waals surface area contributed by atoms with Crippen molar-refractivity contribution in [2.45, 2.75) is 12.6 Å². The minimum atomic E-state index is -0.390. The number of thioether (sulfide) groups is 1. The number of hydrogen-bond donors (Lipinski definition) is 2. The zero-order chi connectivity index (χ0) is 21.1. The van der Waals surface area contributed by atoms with Crippen LogP contribution >= 0.6 is 11.8 Å². The first kappa shape index (κ1) is 19.9. The Balaban J connectivity index is 1.54. The summed E-state index contributed by atoms with van der Waals surface area (Å²) in [6, 6.07) is 13.2. The molecule has 2 amide bonds.